The Hall–Kier alpha value is -0.160. The number of methoxy groups -OCH3 is 1. The fraction of sp³-hybridized carbons (Fsp3) is 1.00. The van der Waals surface area contributed by atoms with Crippen LogP contribution in [0.4, 0.5) is 0 Å². The van der Waals surface area contributed by atoms with Crippen molar-refractivity contribution in [2.75, 3.05) is 40.0 Å². The van der Waals surface area contributed by atoms with Gasteiger partial charge in [-0.3, -0.25) is 4.90 Å². The zero-order chi connectivity index (χ0) is 13.7. The normalized spacial score (nSPS) is 30.9. The number of ether oxygens (including phenoxy) is 2. The Balaban J connectivity index is 1.91. The second-order valence-corrected chi connectivity index (χ2v) is 6.54. The molecule has 0 amide bonds. The molecule has 0 bridgehead atoms. The lowest BCUT2D eigenvalue weighted by Gasteiger charge is -2.42. The van der Waals surface area contributed by atoms with Crippen LogP contribution in [0, 0.1) is 0 Å². The molecule has 0 saturated carbocycles. The Morgan fingerprint density at radius 3 is 2.84 bits per heavy atom. The molecule has 2 atom stereocenters. The summed E-state index contributed by atoms with van der Waals surface area (Å²) in [5.74, 6) is 0. The van der Waals surface area contributed by atoms with Gasteiger partial charge in [0.15, 0.2) is 0 Å². The highest BCUT2D eigenvalue weighted by Crippen LogP contribution is 2.27. The highest BCUT2D eigenvalue weighted by molar-refractivity contribution is 4.87. The highest BCUT2D eigenvalue weighted by Gasteiger charge is 2.33. The van der Waals surface area contributed by atoms with Gasteiger partial charge >= 0.3 is 0 Å². The van der Waals surface area contributed by atoms with Crippen molar-refractivity contribution in [3.05, 3.63) is 0 Å². The maximum atomic E-state index is 5.85. The largest absolute Gasteiger partial charge is 0.383 e. The minimum absolute atomic E-state index is 0.0251. The summed E-state index contributed by atoms with van der Waals surface area (Å²) < 4.78 is 11.1. The Labute approximate surface area is 117 Å². The molecule has 2 saturated heterocycles. The SMILES string of the molecule is COCCN(CC1CCCN1)C1CCOC(C)(C)C1. The molecule has 1 N–H and O–H groups in total. The minimum atomic E-state index is 0.0251. The first-order valence-corrected chi connectivity index (χ1v) is 7.71. The van der Waals surface area contributed by atoms with E-state index in [2.05, 4.69) is 24.1 Å². The van der Waals surface area contributed by atoms with Gasteiger partial charge in [0.25, 0.3) is 0 Å². The van der Waals surface area contributed by atoms with Crippen LogP contribution < -0.4 is 5.32 Å². The van der Waals surface area contributed by atoms with Crippen molar-refractivity contribution in [3.63, 3.8) is 0 Å². The number of hydrogen-bond acceptors (Lipinski definition) is 4. The molecule has 19 heavy (non-hydrogen) atoms. The van der Waals surface area contributed by atoms with E-state index in [-0.39, 0.29) is 5.60 Å². The second kappa shape index (κ2) is 7.02. The molecule has 4 nitrogen and oxygen atoms in total. The van der Waals surface area contributed by atoms with Crippen molar-refractivity contribution in [1.29, 1.82) is 0 Å². The fourth-order valence-corrected chi connectivity index (χ4v) is 3.34. The van der Waals surface area contributed by atoms with Crippen LogP contribution in [-0.2, 0) is 9.47 Å². The van der Waals surface area contributed by atoms with Crippen LogP contribution in [-0.4, -0.2) is 62.5 Å². The summed E-state index contributed by atoms with van der Waals surface area (Å²) in [6, 6.07) is 1.31. The summed E-state index contributed by atoms with van der Waals surface area (Å²) in [5, 5.41) is 3.61. The van der Waals surface area contributed by atoms with E-state index in [4.69, 9.17) is 9.47 Å². The van der Waals surface area contributed by atoms with Crippen LogP contribution in [0.3, 0.4) is 0 Å². The molecule has 0 spiro atoms. The molecule has 2 fully saturated rings. The van der Waals surface area contributed by atoms with Crippen molar-refractivity contribution in [1.82, 2.24) is 10.2 Å². The lowest BCUT2D eigenvalue weighted by molar-refractivity contribution is -0.0858. The molecular formula is C15H30N2O2. The smallest absolute Gasteiger partial charge is 0.0641 e. The van der Waals surface area contributed by atoms with E-state index in [0.717, 1.165) is 39.1 Å². The van der Waals surface area contributed by atoms with Gasteiger partial charge in [0.05, 0.1) is 12.2 Å². The van der Waals surface area contributed by atoms with E-state index in [1.54, 1.807) is 7.11 Å². The summed E-state index contributed by atoms with van der Waals surface area (Å²) >= 11 is 0. The molecule has 2 unspecified atom stereocenters. The zero-order valence-corrected chi connectivity index (χ0v) is 12.8. The summed E-state index contributed by atoms with van der Waals surface area (Å²) in [6.45, 7) is 9.51. The van der Waals surface area contributed by atoms with Gasteiger partial charge in [0.1, 0.15) is 0 Å². The van der Waals surface area contributed by atoms with Crippen LogP contribution in [0.25, 0.3) is 0 Å². The van der Waals surface area contributed by atoms with Crippen LogP contribution in [0.2, 0.25) is 0 Å². The topological polar surface area (TPSA) is 33.7 Å². The van der Waals surface area contributed by atoms with Gasteiger partial charge < -0.3 is 14.8 Å². The molecule has 4 heteroatoms. The molecule has 2 heterocycles. The van der Waals surface area contributed by atoms with Gasteiger partial charge in [0, 0.05) is 38.9 Å². The lowest BCUT2D eigenvalue weighted by Crippen LogP contribution is -2.50. The lowest BCUT2D eigenvalue weighted by atomic mass is 9.92. The van der Waals surface area contributed by atoms with Gasteiger partial charge in [-0.1, -0.05) is 0 Å². The third-order valence-corrected chi connectivity index (χ3v) is 4.39. The van der Waals surface area contributed by atoms with Crippen LogP contribution in [0.15, 0.2) is 0 Å². The quantitative estimate of drug-likeness (QED) is 0.795. The van der Waals surface area contributed by atoms with E-state index in [1.165, 1.54) is 19.4 Å². The number of rotatable bonds is 6. The number of nitrogens with zero attached hydrogens (tertiary/aromatic N) is 1. The van der Waals surface area contributed by atoms with E-state index in [9.17, 15) is 0 Å². The summed E-state index contributed by atoms with van der Waals surface area (Å²) in [5.41, 5.74) is 0.0251. The summed E-state index contributed by atoms with van der Waals surface area (Å²) in [7, 11) is 1.79. The second-order valence-electron chi connectivity index (χ2n) is 6.54. The van der Waals surface area contributed by atoms with Crippen molar-refractivity contribution in [3.8, 4) is 0 Å². The van der Waals surface area contributed by atoms with E-state index in [1.807, 2.05) is 0 Å². The standard InChI is InChI=1S/C15H30N2O2/c1-15(2)11-14(6-9-19-15)17(8-10-18-3)12-13-5-4-7-16-13/h13-14,16H,4-12H2,1-3H3. The van der Waals surface area contributed by atoms with Crippen molar-refractivity contribution < 1.29 is 9.47 Å². The summed E-state index contributed by atoms with van der Waals surface area (Å²) in [6.07, 6.45) is 4.92. The van der Waals surface area contributed by atoms with Gasteiger partial charge in [-0.15, -0.1) is 0 Å². The Morgan fingerprint density at radius 2 is 2.21 bits per heavy atom. The van der Waals surface area contributed by atoms with Gasteiger partial charge in [-0.05, 0) is 46.1 Å². The average Bonchev–Trinajstić information content (AvgIpc) is 2.86. The molecule has 0 radical (unpaired) electrons. The third kappa shape index (κ3) is 4.71. The molecule has 0 aromatic rings. The van der Waals surface area contributed by atoms with Crippen molar-refractivity contribution >= 4 is 0 Å². The monoisotopic (exact) mass is 270 g/mol. The van der Waals surface area contributed by atoms with Crippen molar-refractivity contribution in [2.45, 2.75) is 57.2 Å². The Morgan fingerprint density at radius 1 is 1.37 bits per heavy atom. The Kier molecular flexibility index (Phi) is 5.63. The first-order chi connectivity index (χ1) is 9.11. The maximum absolute atomic E-state index is 5.85. The molecule has 0 aromatic carbocycles. The summed E-state index contributed by atoms with van der Waals surface area (Å²) in [4.78, 5) is 2.62. The van der Waals surface area contributed by atoms with E-state index < -0.39 is 0 Å². The average molecular weight is 270 g/mol. The van der Waals surface area contributed by atoms with Crippen LogP contribution in [0.1, 0.15) is 39.5 Å². The number of nitrogens with one attached hydrogen (secondary N) is 1. The molecule has 2 rings (SSSR count). The molecule has 0 aliphatic carbocycles. The van der Waals surface area contributed by atoms with Gasteiger partial charge in [0.2, 0.25) is 0 Å². The highest BCUT2D eigenvalue weighted by atomic mass is 16.5. The molecule has 2 aliphatic heterocycles. The predicted molar refractivity (Wildman–Crippen MR) is 77.5 cm³/mol. The van der Waals surface area contributed by atoms with Gasteiger partial charge in [-0.25, -0.2) is 0 Å². The molecule has 0 aromatic heterocycles. The number of hydrogen-bond donors (Lipinski definition) is 1. The predicted octanol–water partition coefficient (Wildman–Crippen LogP) is 1.64. The van der Waals surface area contributed by atoms with Crippen LogP contribution >= 0.6 is 0 Å². The molecular weight excluding hydrogens is 240 g/mol. The fourth-order valence-electron chi connectivity index (χ4n) is 3.34. The maximum Gasteiger partial charge on any atom is 0.0641 e. The molecule has 2 aliphatic rings. The van der Waals surface area contributed by atoms with Crippen molar-refractivity contribution in [2.24, 2.45) is 0 Å². The minimum Gasteiger partial charge on any atom is -0.383 e. The first-order valence-electron chi connectivity index (χ1n) is 7.71. The van der Waals surface area contributed by atoms with E-state index in [0.29, 0.717) is 12.1 Å². The first kappa shape index (κ1) is 15.2. The van der Waals surface area contributed by atoms with Gasteiger partial charge in [-0.2, -0.15) is 0 Å². The zero-order valence-electron chi connectivity index (χ0n) is 12.8. The molecule has 112 valence electrons. The third-order valence-electron chi connectivity index (χ3n) is 4.39. The van der Waals surface area contributed by atoms with Crippen LogP contribution in [0.5, 0.6) is 0 Å². The van der Waals surface area contributed by atoms with E-state index >= 15 is 0 Å². The Bertz CT molecular complexity index is 265.